The Balaban J connectivity index is 1.77. The monoisotopic (exact) mass is 363 g/mol. The molecule has 1 N–H and O–H groups in total. The standard InChI is InChI=1S/C23H25NO3/c1-3-5-14-27-21-13-11-19(16-22(21)26-4-2)23(25)24-20-12-10-17-8-6-7-9-18(17)15-20/h6-13,15-16H,3-5,14H2,1-2H3,(H,24,25). The highest BCUT2D eigenvalue weighted by Gasteiger charge is 2.12. The summed E-state index contributed by atoms with van der Waals surface area (Å²) in [5.74, 6) is 1.10. The zero-order valence-corrected chi connectivity index (χ0v) is 15.8. The first kappa shape index (κ1) is 18.8. The molecule has 0 saturated carbocycles. The normalized spacial score (nSPS) is 10.6. The molecule has 3 aromatic carbocycles. The molecule has 3 aromatic rings. The molecular formula is C23H25NO3. The van der Waals surface area contributed by atoms with Gasteiger partial charge >= 0.3 is 0 Å². The van der Waals surface area contributed by atoms with E-state index in [0.29, 0.717) is 30.3 Å². The highest BCUT2D eigenvalue weighted by atomic mass is 16.5. The maximum atomic E-state index is 12.7. The van der Waals surface area contributed by atoms with E-state index in [1.807, 2.05) is 49.4 Å². The zero-order valence-electron chi connectivity index (χ0n) is 15.8. The van der Waals surface area contributed by atoms with Crippen molar-refractivity contribution in [2.75, 3.05) is 18.5 Å². The van der Waals surface area contributed by atoms with E-state index in [-0.39, 0.29) is 5.91 Å². The Kier molecular flexibility index (Phi) is 6.31. The molecule has 0 aliphatic heterocycles. The fraction of sp³-hybridized carbons (Fsp3) is 0.261. The maximum Gasteiger partial charge on any atom is 0.255 e. The lowest BCUT2D eigenvalue weighted by atomic mass is 10.1. The van der Waals surface area contributed by atoms with Crippen molar-refractivity contribution in [3.63, 3.8) is 0 Å². The number of carbonyl (C=O) groups excluding carboxylic acids is 1. The maximum absolute atomic E-state index is 12.7. The van der Waals surface area contributed by atoms with E-state index in [0.717, 1.165) is 29.3 Å². The molecule has 0 spiro atoms. The molecule has 0 radical (unpaired) electrons. The van der Waals surface area contributed by atoms with Crippen LogP contribution in [0.2, 0.25) is 0 Å². The van der Waals surface area contributed by atoms with Crippen molar-refractivity contribution in [2.45, 2.75) is 26.7 Å². The molecule has 0 aromatic heterocycles. The predicted molar refractivity (Wildman–Crippen MR) is 110 cm³/mol. The van der Waals surface area contributed by atoms with Crippen molar-refractivity contribution >= 4 is 22.4 Å². The van der Waals surface area contributed by atoms with Gasteiger partial charge in [0.15, 0.2) is 11.5 Å². The number of amides is 1. The first-order valence-electron chi connectivity index (χ1n) is 9.41. The van der Waals surface area contributed by atoms with E-state index in [1.54, 1.807) is 18.2 Å². The largest absolute Gasteiger partial charge is 0.490 e. The molecule has 4 nitrogen and oxygen atoms in total. The SMILES string of the molecule is CCCCOc1ccc(C(=O)Nc2ccc3ccccc3c2)cc1OCC. The van der Waals surface area contributed by atoms with E-state index in [9.17, 15) is 4.79 Å². The van der Waals surface area contributed by atoms with Crippen LogP contribution in [0.3, 0.4) is 0 Å². The second kappa shape index (κ2) is 9.08. The molecule has 27 heavy (non-hydrogen) atoms. The Hall–Kier alpha value is -3.01. The van der Waals surface area contributed by atoms with Crippen LogP contribution in [-0.4, -0.2) is 19.1 Å². The van der Waals surface area contributed by atoms with Gasteiger partial charge in [0.1, 0.15) is 0 Å². The van der Waals surface area contributed by atoms with Crippen LogP contribution in [0, 0.1) is 0 Å². The number of nitrogens with one attached hydrogen (secondary N) is 1. The smallest absolute Gasteiger partial charge is 0.255 e. The molecule has 0 aliphatic rings. The lowest BCUT2D eigenvalue weighted by Crippen LogP contribution is -2.12. The van der Waals surface area contributed by atoms with Crippen LogP contribution in [0.4, 0.5) is 5.69 Å². The van der Waals surface area contributed by atoms with E-state index in [1.165, 1.54) is 0 Å². The van der Waals surface area contributed by atoms with Gasteiger partial charge in [0.25, 0.3) is 5.91 Å². The highest BCUT2D eigenvalue weighted by Crippen LogP contribution is 2.29. The van der Waals surface area contributed by atoms with Gasteiger partial charge in [-0.15, -0.1) is 0 Å². The third-order valence-corrected chi connectivity index (χ3v) is 4.27. The average molecular weight is 363 g/mol. The Morgan fingerprint density at radius 2 is 1.70 bits per heavy atom. The summed E-state index contributed by atoms with van der Waals surface area (Å²) in [5.41, 5.74) is 1.30. The van der Waals surface area contributed by atoms with E-state index < -0.39 is 0 Å². The predicted octanol–water partition coefficient (Wildman–Crippen LogP) is 5.67. The number of hydrogen-bond acceptors (Lipinski definition) is 3. The molecule has 1 amide bonds. The van der Waals surface area contributed by atoms with Crippen LogP contribution in [0.15, 0.2) is 60.7 Å². The van der Waals surface area contributed by atoms with Crippen molar-refractivity contribution in [1.82, 2.24) is 0 Å². The second-order valence-corrected chi connectivity index (χ2v) is 6.31. The number of fused-ring (bicyclic) bond motifs is 1. The molecular weight excluding hydrogens is 338 g/mol. The summed E-state index contributed by atoms with van der Waals surface area (Å²) in [6.07, 6.45) is 2.05. The highest BCUT2D eigenvalue weighted by molar-refractivity contribution is 6.05. The van der Waals surface area contributed by atoms with Gasteiger partial charge in [0.2, 0.25) is 0 Å². The summed E-state index contributed by atoms with van der Waals surface area (Å²) in [7, 11) is 0. The Bertz CT molecular complexity index is 920. The molecule has 0 aliphatic carbocycles. The summed E-state index contributed by atoms with van der Waals surface area (Å²) in [6, 6.07) is 19.2. The first-order chi connectivity index (χ1) is 13.2. The van der Waals surface area contributed by atoms with E-state index in [4.69, 9.17) is 9.47 Å². The fourth-order valence-electron chi connectivity index (χ4n) is 2.83. The molecule has 0 bridgehead atoms. The Labute approximate surface area is 160 Å². The van der Waals surface area contributed by atoms with Crippen molar-refractivity contribution < 1.29 is 14.3 Å². The minimum Gasteiger partial charge on any atom is -0.490 e. The molecule has 0 atom stereocenters. The summed E-state index contributed by atoms with van der Waals surface area (Å²) >= 11 is 0. The summed E-state index contributed by atoms with van der Waals surface area (Å²) in [6.45, 7) is 5.18. The average Bonchev–Trinajstić information content (AvgIpc) is 2.69. The quantitative estimate of drug-likeness (QED) is 0.525. The minimum absolute atomic E-state index is 0.175. The van der Waals surface area contributed by atoms with Crippen molar-refractivity contribution in [2.24, 2.45) is 0 Å². The Morgan fingerprint density at radius 1 is 0.889 bits per heavy atom. The molecule has 4 heteroatoms. The topological polar surface area (TPSA) is 47.6 Å². The van der Waals surface area contributed by atoms with Crippen LogP contribution in [0.5, 0.6) is 11.5 Å². The number of hydrogen-bond donors (Lipinski definition) is 1. The molecule has 0 saturated heterocycles. The van der Waals surface area contributed by atoms with Crippen molar-refractivity contribution in [3.8, 4) is 11.5 Å². The van der Waals surface area contributed by atoms with Crippen molar-refractivity contribution in [1.29, 1.82) is 0 Å². The van der Waals surface area contributed by atoms with Crippen LogP contribution in [-0.2, 0) is 0 Å². The Morgan fingerprint density at radius 3 is 2.48 bits per heavy atom. The number of anilines is 1. The summed E-state index contributed by atoms with van der Waals surface area (Å²) < 4.78 is 11.4. The molecule has 0 unspecified atom stereocenters. The number of carbonyl (C=O) groups is 1. The van der Waals surface area contributed by atoms with Gasteiger partial charge in [-0.05, 0) is 54.4 Å². The molecule has 0 heterocycles. The first-order valence-corrected chi connectivity index (χ1v) is 9.41. The third kappa shape index (κ3) is 4.79. The second-order valence-electron chi connectivity index (χ2n) is 6.31. The van der Waals surface area contributed by atoms with E-state index >= 15 is 0 Å². The van der Waals surface area contributed by atoms with Gasteiger partial charge in [0, 0.05) is 11.3 Å². The van der Waals surface area contributed by atoms with Gasteiger partial charge in [-0.2, -0.15) is 0 Å². The lowest BCUT2D eigenvalue weighted by Gasteiger charge is -2.13. The van der Waals surface area contributed by atoms with Crippen LogP contribution in [0.25, 0.3) is 10.8 Å². The number of unbranched alkanes of at least 4 members (excludes halogenated alkanes) is 1. The summed E-state index contributed by atoms with van der Waals surface area (Å²) in [5, 5.41) is 5.19. The fourth-order valence-corrected chi connectivity index (χ4v) is 2.83. The van der Waals surface area contributed by atoms with Gasteiger partial charge < -0.3 is 14.8 Å². The van der Waals surface area contributed by atoms with Crippen LogP contribution in [0.1, 0.15) is 37.0 Å². The number of ether oxygens (including phenoxy) is 2. The molecule has 140 valence electrons. The van der Waals surface area contributed by atoms with Gasteiger partial charge in [-0.25, -0.2) is 0 Å². The van der Waals surface area contributed by atoms with Gasteiger partial charge in [0.05, 0.1) is 13.2 Å². The lowest BCUT2D eigenvalue weighted by molar-refractivity contribution is 0.102. The van der Waals surface area contributed by atoms with Gasteiger partial charge in [-0.1, -0.05) is 43.7 Å². The van der Waals surface area contributed by atoms with Gasteiger partial charge in [-0.3, -0.25) is 4.79 Å². The van der Waals surface area contributed by atoms with E-state index in [2.05, 4.69) is 12.2 Å². The minimum atomic E-state index is -0.175. The molecule has 3 rings (SSSR count). The number of rotatable bonds is 8. The number of benzene rings is 3. The van der Waals surface area contributed by atoms with Crippen LogP contribution < -0.4 is 14.8 Å². The van der Waals surface area contributed by atoms with Crippen LogP contribution >= 0.6 is 0 Å². The zero-order chi connectivity index (χ0) is 19.1. The summed E-state index contributed by atoms with van der Waals surface area (Å²) in [4.78, 5) is 12.7. The molecule has 0 fully saturated rings. The third-order valence-electron chi connectivity index (χ3n) is 4.27. The van der Waals surface area contributed by atoms with Crippen molar-refractivity contribution in [3.05, 3.63) is 66.2 Å².